The third kappa shape index (κ3) is 42.9. The van der Waals surface area contributed by atoms with Gasteiger partial charge in [0.15, 0.2) is 6.10 Å². The molecule has 0 aliphatic rings. The summed E-state index contributed by atoms with van der Waals surface area (Å²) in [4.78, 5) is 34.5. The van der Waals surface area contributed by atoms with E-state index in [1.165, 1.54) is 70.6 Å². The van der Waals surface area contributed by atoms with Gasteiger partial charge in [-0.15, -0.1) is 0 Å². The Morgan fingerprint density at radius 3 is 1.33 bits per heavy atom. The SMILES string of the molecule is CC/C=C\C/C=C\C/C=C\C/C=C\CCCCCCCCCCC(=O)OC(COC(=O)CCCCCCCCC/C=C\C/C=C\CCCCC)COP(=O)(O)OC. The van der Waals surface area contributed by atoms with Crippen molar-refractivity contribution < 1.29 is 37.6 Å². The van der Waals surface area contributed by atoms with E-state index in [9.17, 15) is 19.0 Å². The Morgan fingerprint density at radius 2 is 0.895 bits per heavy atom. The molecule has 0 saturated heterocycles. The molecule has 0 aliphatic heterocycles. The van der Waals surface area contributed by atoms with Crippen molar-refractivity contribution >= 4 is 19.8 Å². The van der Waals surface area contributed by atoms with Gasteiger partial charge in [0.1, 0.15) is 6.61 Å². The zero-order valence-corrected chi connectivity index (χ0v) is 37.4. The highest BCUT2D eigenvalue weighted by atomic mass is 31.2. The molecule has 57 heavy (non-hydrogen) atoms. The molecule has 0 bridgehead atoms. The molecule has 0 aromatic heterocycles. The quantitative estimate of drug-likeness (QED) is 0.0281. The number of allylic oxidation sites excluding steroid dienone is 12. The van der Waals surface area contributed by atoms with Gasteiger partial charge in [0.2, 0.25) is 0 Å². The van der Waals surface area contributed by atoms with Gasteiger partial charge in [-0.2, -0.15) is 0 Å². The van der Waals surface area contributed by atoms with Crippen molar-refractivity contribution in [3.8, 4) is 0 Å². The van der Waals surface area contributed by atoms with E-state index in [1.54, 1.807) is 0 Å². The van der Waals surface area contributed by atoms with Crippen LogP contribution in [0.15, 0.2) is 72.9 Å². The largest absolute Gasteiger partial charge is 0.472 e. The predicted octanol–water partition coefficient (Wildman–Crippen LogP) is 14.5. The summed E-state index contributed by atoms with van der Waals surface area (Å²) in [6.45, 7) is 3.74. The van der Waals surface area contributed by atoms with Crippen LogP contribution in [0.2, 0.25) is 0 Å². The zero-order chi connectivity index (χ0) is 41.8. The summed E-state index contributed by atoms with van der Waals surface area (Å²) in [6.07, 6.45) is 55.2. The third-order valence-electron chi connectivity index (χ3n) is 9.43. The summed E-state index contributed by atoms with van der Waals surface area (Å²) in [5, 5.41) is 0. The molecule has 0 fully saturated rings. The molecule has 0 amide bonds. The summed E-state index contributed by atoms with van der Waals surface area (Å²) in [5.74, 6) is -0.825. The zero-order valence-electron chi connectivity index (χ0n) is 36.5. The number of unbranched alkanes of at least 4 members (excludes halogenated alkanes) is 18. The van der Waals surface area contributed by atoms with Crippen LogP contribution in [0.4, 0.5) is 0 Å². The molecule has 0 heterocycles. The monoisotopic (exact) mass is 819 g/mol. The van der Waals surface area contributed by atoms with Gasteiger partial charge in [0.25, 0.3) is 0 Å². The minimum absolute atomic E-state index is 0.230. The Kier molecular flexibility index (Phi) is 41.2. The van der Waals surface area contributed by atoms with Gasteiger partial charge in [-0.3, -0.25) is 18.6 Å². The van der Waals surface area contributed by atoms with Crippen LogP contribution in [-0.4, -0.2) is 43.3 Å². The number of phosphoric acid groups is 1. The lowest BCUT2D eigenvalue weighted by Crippen LogP contribution is -2.29. The van der Waals surface area contributed by atoms with Crippen LogP contribution in [0.25, 0.3) is 0 Å². The van der Waals surface area contributed by atoms with E-state index in [4.69, 9.17) is 14.0 Å². The van der Waals surface area contributed by atoms with E-state index in [2.05, 4.69) is 91.3 Å². The number of hydrogen-bond acceptors (Lipinski definition) is 7. The predicted molar refractivity (Wildman–Crippen MR) is 239 cm³/mol. The molecule has 0 aliphatic carbocycles. The number of ether oxygens (including phenoxy) is 2. The van der Waals surface area contributed by atoms with E-state index in [0.29, 0.717) is 6.42 Å². The second-order valence-electron chi connectivity index (χ2n) is 14.8. The number of hydrogen-bond donors (Lipinski definition) is 1. The lowest BCUT2D eigenvalue weighted by molar-refractivity contribution is -0.161. The van der Waals surface area contributed by atoms with Crippen LogP contribution in [0, 0.1) is 0 Å². The van der Waals surface area contributed by atoms with Crippen LogP contribution in [0.3, 0.4) is 0 Å². The van der Waals surface area contributed by atoms with Crippen molar-refractivity contribution in [3.63, 3.8) is 0 Å². The van der Waals surface area contributed by atoms with Crippen molar-refractivity contribution in [2.75, 3.05) is 20.3 Å². The Balaban J connectivity index is 4.01. The maximum atomic E-state index is 12.5. The summed E-state index contributed by atoms with van der Waals surface area (Å²) >= 11 is 0. The minimum Gasteiger partial charge on any atom is -0.462 e. The van der Waals surface area contributed by atoms with Crippen molar-refractivity contribution in [2.45, 2.75) is 200 Å². The molecule has 1 N–H and O–H groups in total. The lowest BCUT2D eigenvalue weighted by Gasteiger charge is -2.19. The topological polar surface area (TPSA) is 108 Å². The molecule has 0 spiro atoms. The molecular weight excluding hydrogens is 735 g/mol. The molecule has 2 atom stereocenters. The fourth-order valence-corrected chi connectivity index (χ4v) is 6.43. The summed E-state index contributed by atoms with van der Waals surface area (Å²) in [7, 11) is -3.21. The molecule has 2 unspecified atom stereocenters. The van der Waals surface area contributed by atoms with E-state index in [1.807, 2.05) is 0 Å². The first-order valence-corrected chi connectivity index (χ1v) is 24.1. The average Bonchev–Trinajstić information content (AvgIpc) is 3.20. The molecule has 0 aromatic carbocycles. The van der Waals surface area contributed by atoms with Gasteiger partial charge in [-0.1, -0.05) is 170 Å². The van der Waals surface area contributed by atoms with Crippen LogP contribution >= 0.6 is 7.82 Å². The molecule has 8 nitrogen and oxygen atoms in total. The molecule has 0 radical (unpaired) electrons. The highest BCUT2D eigenvalue weighted by Crippen LogP contribution is 2.42. The molecule has 0 saturated carbocycles. The summed E-state index contributed by atoms with van der Waals surface area (Å²) in [5.41, 5.74) is 0. The highest BCUT2D eigenvalue weighted by molar-refractivity contribution is 7.47. The second kappa shape index (κ2) is 43.1. The van der Waals surface area contributed by atoms with Crippen molar-refractivity contribution in [1.82, 2.24) is 0 Å². The number of phosphoric ester groups is 1. The fraction of sp³-hybridized carbons (Fsp3) is 0.708. The van der Waals surface area contributed by atoms with Gasteiger partial charge in [0.05, 0.1) is 6.61 Å². The standard InChI is InChI=1S/C48H83O8P/c1-4-6-8-10-12-14-16-18-20-22-23-24-25-27-29-31-33-35-37-39-41-43-48(50)56-46(45-55-57(51,52)53-3)44-54-47(49)42-40-38-36-34-32-30-28-26-21-19-17-15-13-11-9-7-5-2/h6,8,12-15,18-21,23-24,46H,4-5,7,9-11,16-17,22,25-45H2,1-3H3,(H,51,52)/b8-6-,14-12-,15-13-,20-18-,21-19-,24-23-. The average molecular weight is 819 g/mol. The Bertz CT molecular complexity index is 1160. The van der Waals surface area contributed by atoms with E-state index in [0.717, 1.165) is 97.0 Å². The number of carbonyl (C=O) groups is 2. The first-order valence-electron chi connectivity index (χ1n) is 22.6. The Morgan fingerprint density at radius 1 is 0.509 bits per heavy atom. The van der Waals surface area contributed by atoms with E-state index >= 15 is 0 Å². The van der Waals surface area contributed by atoms with Crippen molar-refractivity contribution in [1.29, 1.82) is 0 Å². The maximum Gasteiger partial charge on any atom is 0.472 e. The first-order chi connectivity index (χ1) is 27.8. The summed E-state index contributed by atoms with van der Waals surface area (Å²) < 4.78 is 32.0. The first kappa shape index (κ1) is 54.5. The number of esters is 2. The molecule has 9 heteroatoms. The van der Waals surface area contributed by atoms with Gasteiger partial charge >= 0.3 is 19.8 Å². The number of carbonyl (C=O) groups excluding carboxylic acids is 2. The maximum absolute atomic E-state index is 12.5. The van der Waals surface area contributed by atoms with E-state index in [-0.39, 0.29) is 25.4 Å². The molecule has 328 valence electrons. The Hall–Kier alpha value is -2.51. The van der Waals surface area contributed by atoms with Crippen LogP contribution < -0.4 is 0 Å². The normalized spacial score (nSPS) is 14.0. The van der Waals surface area contributed by atoms with Crippen LogP contribution in [-0.2, 0) is 32.7 Å². The molecular formula is C48H83O8P. The Labute approximate surface area is 349 Å². The number of rotatable bonds is 41. The van der Waals surface area contributed by atoms with Crippen molar-refractivity contribution in [3.05, 3.63) is 72.9 Å². The summed E-state index contributed by atoms with van der Waals surface area (Å²) in [6, 6.07) is 0. The lowest BCUT2D eigenvalue weighted by atomic mass is 10.1. The molecule has 0 rings (SSSR count). The molecule has 0 aromatic rings. The van der Waals surface area contributed by atoms with Gasteiger partial charge in [0, 0.05) is 20.0 Å². The van der Waals surface area contributed by atoms with Crippen molar-refractivity contribution in [2.24, 2.45) is 0 Å². The second-order valence-corrected chi connectivity index (χ2v) is 16.4. The third-order valence-corrected chi connectivity index (χ3v) is 10.4. The van der Waals surface area contributed by atoms with Gasteiger partial charge < -0.3 is 14.4 Å². The van der Waals surface area contributed by atoms with Gasteiger partial charge in [-0.05, 0) is 83.5 Å². The van der Waals surface area contributed by atoms with Crippen LogP contribution in [0.5, 0.6) is 0 Å². The minimum atomic E-state index is -4.27. The van der Waals surface area contributed by atoms with Crippen LogP contribution in [0.1, 0.15) is 194 Å². The smallest absolute Gasteiger partial charge is 0.462 e. The van der Waals surface area contributed by atoms with Gasteiger partial charge in [-0.25, -0.2) is 4.57 Å². The highest BCUT2D eigenvalue weighted by Gasteiger charge is 2.24. The van der Waals surface area contributed by atoms with E-state index < -0.39 is 26.5 Å². The fourth-order valence-electron chi connectivity index (χ4n) is 5.97.